The van der Waals surface area contributed by atoms with Gasteiger partial charge in [0.1, 0.15) is 0 Å². The zero-order chi connectivity index (χ0) is 9.80. The Kier molecular flexibility index (Phi) is 3.04. The van der Waals surface area contributed by atoms with E-state index in [4.69, 9.17) is 0 Å². The van der Waals surface area contributed by atoms with Crippen LogP contribution in [0.25, 0.3) is 0 Å². The van der Waals surface area contributed by atoms with Crippen LogP contribution in [0.15, 0.2) is 18.2 Å². The molecule has 14 heavy (non-hydrogen) atoms. The molecule has 0 saturated heterocycles. The van der Waals surface area contributed by atoms with Crippen LogP contribution in [0.2, 0.25) is 0 Å². The van der Waals surface area contributed by atoms with Gasteiger partial charge in [-0.1, -0.05) is 25.1 Å². The summed E-state index contributed by atoms with van der Waals surface area (Å²) in [6.45, 7) is 5.27. The number of rotatable bonds is 3. The molecule has 2 rings (SSSR count). The van der Waals surface area contributed by atoms with Crippen LogP contribution in [0.3, 0.4) is 0 Å². The minimum atomic E-state index is 0.979. The van der Waals surface area contributed by atoms with Gasteiger partial charge in [-0.25, -0.2) is 0 Å². The van der Waals surface area contributed by atoms with Gasteiger partial charge >= 0.3 is 0 Å². The van der Waals surface area contributed by atoms with E-state index in [2.05, 4.69) is 35.8 Å². The van der Waals surface area contributed by atoms with E-state index in [9.17, 15) is 0 Å². The molecule has 2 nitrogen and oxygen atoms in total. The first kappa shape index (κ1) is 9.53. The highest BCUT2D eigenvalue weighted by Gasteiger charge is 2.11. The summed E-state index contributed by atoms with van der Waals surface area (Å²) in [5.74, 6) is 0. The minimum absolute atomic E-state index is 0.979. The maximum absolute atomic E-state index is 3.50. The first-order valence-electron chi connectivity index (χ1n) is 5.47. The largest absolute Gasteiger partial charge is 0.385 e. The third kappa shape index (κ3) is 1.90. The van der Waals surface area contributed by atoms with Crippen LogP contribution in [-0.4, -0.2) is 13.1 Å². The highest BCUT2D eigenvalue weighted by Crippen LogP contribution is 2.25. The molecule has 1 heterocycles. The van der Waals surface area contributed by atoms with Gasteiger partial charge in [0, 0.05) is 18.8 Å². The molecule has 0 unspecified atom stereocenters. The summed E-state index contributed by atoms with van der Waals surface area (Å²) in [6, 6.07) is 6.61. The number of aryl methyl sites for hydroxylation is 1. The monoisotopic (exact) mass is 190 g/mol. The average molecular weight is 190 g/mol. The van der Waals surface area contributed by atoms with Gasteiger partial charge in [-0.15, -0.1) is 0 Å². The topological polar surface area (TPSA) is 24.1 Å². The fourth-order valence-corrected chi connectivity index (χ4v) is 1.99. The van der Waals surface area contributed by atoms with Gasteiger partial charge in [-0.05, 0) is 30.5 Å². The Morgan fingerprint density at radius 3 is 3.21 bits per heavy atom. The number of fused-ring (bicyclic) bond motifs is 1. The lowest BCUT2D eigenvalue weighted by atomic mass is 9.99. The number of nitrogens with one attached hydrogen (secondary N) is 2. The molecule has 1 aliphatic rings. The number of hydrogen-bond acceptors (Lipinski definition) is 2. The van der Waals surface area contributed by atoms with Crippen molar-refractivity contribution in [3.8, 4) is 0 Å². The summed E-state index contributed by atoms with van der Waals surface area (Å²) < 4.78 is 0. The van der Waals surface area contributed by atoms with Gasteiger partial charge in [-0.3, -0.25) is 0 Å². The Morgan fingerprint density at radius 1 is 1.43 bits per heavy atom. The van der Waals surface area contributed by atoms with Crippen LogP contribution >= 0.6 is 0 Å². The number of benzene rings is 1. The molecule has 2 N–H and O–H groups in total. The Hall–Kier alpha value is -1.02. The van der Waals surface area contributed by atoms with E-state index in [1.54, 1.807) is 0 Å². The Balaban J connectivity index is 2.21. The second-order valence-corrected chi connectivity index (χ2v) is 3.76. The van der Waals surface area contributed by atoms with Crippen molar-refractivity contribution in [1.82, 2.24) is 5.32 Å². The first-order chi connectivity index (χ1) is 6.92. The zero-order valence-corrected chi connectivity index (χ0v) is 8.77. The molecule has 0 amide bonds. The van der Waals surface area contributed by atoms with Crippen molar-refractivity contribution in [3.63, 3.8) is 0 Å². The summed E-state index contributed by atoms with van der Waals surface area (Å²) in [4.78, 5) is 0. The summed E-state index contributed by atoms with van der Waals surface area (Å²) in [6.07, 6.45) is 2.49. The lowest BCUT2D eigenvalue weighted by Gasteiger charge is -2.21. The standard InChI is InChI=1S/C12H18N2/c1-2-13-9-11-6-3-5-10-7-4-8-14-12(10)11/h3,5-6,13-14H,2,4,7-9H2,1H3. The van der Waals surface area contributed by atoms with Crippen molar-refractivity contribution in [2.75, 3.05) is 18.4 Å². The maximum atomic E-state index is 3.50. The molecule has 0 saturated carbocycles. The third-order valence-corrected chi connectivity index (χ3v) is 2.73. The lowest BCUT2D eigenvalue weighted by Crippen LogP contribution is -2.18. The van der Waals surface area contributed by atoms with Crippen LogP contribution < -0.4 is 10.6 Å². The van der Waals surface area contributed by atoms with Crippen molar-refractivity contribution in [2.45, 2.75) is 26.3 Å². The molecule has 76 valence electrons. The van der Waals surface area contributed by atoms with E-state index in [0.29, 0.717) is 0 Å². The van der Waals surface area contributed by atoms with Crippen molar-refractivity contribution in [3.05, 3.63) is 29.3 Å². The van der Waals surface area contributed by atoms with E-state index in [1.807, 2.05) is 0 Å². The lowest BCUT2D eigenvalue weighted by molar-refractivity contribution is 0.722. The van der Waals surface area contributed by atoms with Crippen LogP contribution in [-0.2, 0) is 13.0 Å². The summed E-state index contributed by atoms with van der Waals surface area (Å²) in [5.41, 5.74) is 4.26. The summed E-state index contributed by atoms with van der Waals surface area (Å²) >= 11 is 0. The van der Waals surface area contributed by atoms with Gasteiger partial charge in [0.25, 0.3) is 0 Å². The molecular weight excluding hydrogens is 172 g/mol. The highest BCUT2D eigenvalue weighted by atomic mass is 14.9. The van der Waals surface area contributed by atoms with E-state index < -0.39 is 0 Å². The van der Waals surface area contributed by atoms with Crippen molar-refractivity contribution in [1.29, 1.82) is 0 Å². The molecule has 2 heteroatoms. The summed E-state index contributed by atoms with van der Waals surface area (Å²) in [7, 11) is 0. The minimum Gasteiger partial charge on any atom is -0.385 e. The predicted octanol–water partition coefficient (Wildman–Crippen LogP) is 2.15. The number of anilines is 1. The highest BCUT2D eigenvalue weighted by molar-refractivity contribution is 5.59. The molecule has 0 atom stereocenters. The molecule has 0 fully saturated rings. The van der Waals surface area contributed by atoms with Gasteiger partial charge < -0.3 is 10.6 Å². The quantitative estimate of drug-likeness (QED) is 0.763. The fraction of sp³-hybridized carbons (Fsp3) is 0.500. The molecule has 1 aromatic rings. The Bertz CT molecular complexity index is 307. The average Bonchev–Trinajstić information content (AvgIpc) is 2.26. The van der Waals surface area contributed by atoms with E-state index in [1.165, 1.54) is 29.7 Å². The Labute approximate surface area is 85.7 Å². The fourth-order valence-electron chi connectivity index (χ4n) is 1.99. The SMILES string of the molecule is CCNCc1cccc2c1NCCC2. The third-order valence-electron chi connectivity index (χ3n) is 2.73. The first-order valence-corrected chi connectivity index (χ1v) is 5.47. The Morgan fingerprint density at radius 2 is 2.36 bits per heavy atom. The second-order valence-electron chi connectivity index (χ2n) is 3.76. The molecule has 1 aromatic carbocycles. The molecule has 0 radical (unpaired) electrons. The zero-order valence-electron chi connectivity index (χ0n) is 8.77. The van der Waals surface area contributed by atoms with Crippen LogP contribution in [0.4, 0.5) is 5.69 Å². The second kappa shape index (κ2) is 4.47. The van der Waals surface area contributed by atoms with E-state index in [0.717, 1.165) is 19.6 Å². The number of para-hydroxylation sites is 1. The normalized spacial score (nSPS) is 14.6. The van der Waals surface area contributed by atoms with E-state index in [-0.39, 0.29) is 0 Å². The van der Waals surface area contributed by atoms with Crippen LogP contribution in [0.1, 0.15) is 24.5 Å². The smallest absolute Gasteiger partial charge is 0.0418 e. The van der Waals surface area contributed by atoms with Gasteiger partial charge in [0.2, 0.25) is 0 Å². The molecule has 0 aromatic heterocycles. The van der Waals surface area contributed by atoms with Gasteiger partial charge in [0.05, 0.1) is 0 Å². The predicted molar refractivity (Wildman–Crippen MR) is 60.6 cm³/mol. The molecule has 0 aliphatic carbocycles. The van der Waals surface area contributed by atoms with Crippen LogP contribution in [0, 0.1) is 0 Å². The molecule has 0 spiro atoms. The van der Waals surface area contributed by atoms with Gasteiger partial charge in [-0.2, -0.15) is 0 Å². The number of hydrogen-bond donors (Lipinski definition) is 2. The van der Waals surface area contributed by atoms with Gasteiger partial charge in [0.15, 0.2) is 0 Å². The van der Waals surface area contributed by atoms with Crippen molar-refractivity contribution in [2.24, 2.45) is 0 Å². The van der Waals surface area contributed by atoms with Crippen molar-refractivity contribution < 1.29 is 0 Å². The maximum Gasteiger partial charge on any atom is 0.0418 e. The van der Waals surface area contributed by atoms with E-state index >= 15 is 0 Å². The van der Waals surface area contributed by atoms with Crippen molar-refractivity contribution >= 4 is 5.69 Å². The molecular formula is C12H18N2. The summed E-state index contributed by atoms with van der Waals surface area (Å²) in [5, 5.41) is 6.87. The molecule has 0 bridgehead atoms. The van der Waals surface area contributed by atoms with Crippen LogP contribution in [0.5, 0.6) is 0 Å². The molecule has 1 aliphatic heterocycles.